The minimum absolute atomic E-state index is 0.460. The Labute approximate surface area is 206 Å². The van der Waals surface area contributed by atoms with E-state index in [1.807, 2.05) is 0 Å². The zero-order chi connectivity index (χ0) is 23.3. The summed E-state index contributed by atoms with van der Waals surface area (Å²) < 4.78 is 0. The summed E-state index contributed by atoms with van der Waals surface area (Å²) in [6.45, 7) is 21.8. The fourth-order valence-electron chi connectivity index (χ4n) is 4.14. The van der Waals surface area contributed by atoms with Gasteiger partial charge in [-0.3, -0.25) is 0 Å². The Balaban J connectivity index is 0.00000166. The van der Waals surface area contributed by atoms with Crippen molar-refractivity contribution in [3.05, 3.63) is 77.7 Å². The van der Waals surface area contributed by atoms with E-state index in [0.29, 0.717) is 23.7 Å². The normalized spacial score (nSPS) is 13.6. The molecule has 2 aromatic carbocycles. The third kappa shape index (κ3) is 5.79. The van der Waals surface area contributed by atoms with Crippen molar-refractivity contribution < 1.29 is 20.0 Å². The van der Waals surface area contributed by atoms with E-state index in [2.05, 4.69) is 150 Å². The molecule has 172 valence electrons. The Hall–Kier alpha value is -1.19. The number of anilines is 2. The molecular weight excluding hydrogens is 496 g/mol. The summed E-state index contributed by atoms with van der Waals surface area (Å²) >= 11 is 2.42. The van der Waals surface area contributed by atoms with E-state index in [1.54, 1.807) is 0 Å². The van der Waals surface area contributed by atoms with Crippen LogP contribution in [0.3, 0.4) is 0 Å². The van der Waals surface area contributed by atoms with Gasteiger partial charge < -0.3 is 9.80 Å². The summed E-state index contributed by atoms with van der Waals surface area (Å²) in [5.41, 5.74) is 8.05. The van der Waals surface area contributed by atoms with Gasteiger partial charge in [0.15, 0.2) is 0 Å². The summed E-state index contributed by atoms with van der Waals surface area (Å²) in [5, 5.41) is 0. The molecule has 0 fully saturated rings. The molecule has 31 heavy (non-hydrogen) atoms. The van der Waals surface area contributed by atoms with Crippen LogP contribution in [0.15, 0.2) is 48.8 Å². The molecule has 2 radical (unpaired) electrons. The summed E-state index contributed by atoms with van der Waals surface area (Å²) in [6.07, 6.45) is 4.32. The van der Waals surface area contributed by atoms with Crippen LogP contribution in [0.4, 0.5) is 11.4 Å². The van der Waals surface area contributed by atoms with Crippen molar-refractivity contribution >= 4 is 20.6 Å². The molecular formula is C27H36AgClN2. The molecule has 4 heteroatoms. The van der Waals surface area contributed by atoms with Crippen LogP contribution in [0.2, 0.25) is 0 Å². The van der Waals surface area contributed by atoms with Gasteiger partial charge in [-0.15, -0.1) is 0 Å². The van der Waals surface area contributed by atoms with E-state index in [0.717, 1.165) is 0 Å². The van der Waals surface area contributed by atoms with Crippen LogP contribution in [-0.4, -0.2) is 0 Å². The first kappa shape index (κ1) is 26.1. The summed E-state index contributed by atoms with van der Waals surface area (Å²) in [4.78, 5) is 4.40. The molecule has 0 saturated heterocycles. The second-order valence-electron chi connectivity index (χ2n) is 9.33. The van der Waals surface area contributed by atoms with Crippen molar-refractivity contribution in [2.45, 2.75) is 79.1 Å². The maximum atomic E-state index is 4.45. The Bertz CT molecular complexity index is 763. The van der Waals surface area contributed by atoms with Crippen molar-refractivity contribution in [1.29, 1.82) is 0 Å². The topological polar surface area (TPSA) is 6.48 Å². The molecule has 1 heterocycles. The van der Waals surface area contributed by atoms with Gasteiger partial charge in [-0.05, 0) is 45.9 Å². The van der Waals surface area contributed by atoms with Gasteiger partial charge in [0.05, 0.1) is 11.4 Å². The SMILES string of the molecule is CC(C)c1cccc(C(C)C)c1N1[C]N(c2c(C(C)C)cccc2C(C)C)C=C1.[Cl][Ag]. The van der Waals surface area contributed by atoms with Gasteiger partial charge in [0.1, 0.15) is 0 Å². The molecule has 3 rings (SSSR count). The molecule has 1 aliphatic heterocycles. The first-order valence-electron chi connectivity index (χ1n) is 11.1. The Morgan fingerprint density at radius 2 is 0.839 bits per heavy atom. The zero-order valence-electron chi connectivity index (χ0n) is 20.0. The first-order chi connectivity index (χ1) is 14.7. The molecule has 0 amide bonds. The van der Waals surface area contributed by atoms with Crippen LogP contribution in [0.25, 0.3) is 0 Å². The minimum atomic E-state index is 0.460. The van der Waals surface area contributed by atoms with Crippen LogP contribution < -0.4 is 9.80 Å². The zero-order valence-corrected chi connectivity index (χ0v) is 22.2. The van der Waals surface area contributed by atoms with Gasteiger partial charge in [0.25, 0.3) is 0 Å². The van der Waals surface area contributed by atoms with E-state index >= 15 is 0 Å². The molecule has 2 nitrogen and oxygen atoms in total. The molecule has 0 aromatic heterocycles. The van der Waals surface area contributed by atoms with Gasteiger partial charge in [-0.1, -0.05) is 91.8 Å². The average Bonchev–Trinajstić information content (AvgIpc) is 3.23. The van der Waals surface area contributed by atoms with Crippen molar-refractivity contribution in [2.24, 2.45) is 0 Å². The average molecular weight is 532 g/mol. The fourth-order valence-corrected chi connectivity index (χ4v) is 4.14. The van der Waals surface area contributed by atoms with Crippen LogP contribution in [0.1, 0.15) is 101 Å². The molecule has 0 aliphatic carbocycles. The van der Waals surface area contributed by atoms with E-state index in [4.69, 9.17) is 0 Å². The Morgan fingerprint density at radius 1 is 0.581 bits per heavy atom. The van der Waals surface area contributed by atoms with Gasteiger partial charge in [0, 0.05) is 12.4 Å². The maximum absolute atomic E-state index is 4.45. The third-order valence-electron chi connectivity index (χ3n) is 5.75. The molecule has 0 saturated carbocycles. The second-order valence-corrected chi connectivity index (χ2v) is 9.33. The monoisotopic (exact) mass is 530 g/mol. The van der Waals surface area contributed by atoms with Gasteiger partial charge >= 0.3 is 29.2 Å². The number of halogens is 1. The Kier molecular flexibility index (Phi) is 9.76. The van der Waals surface area contributed by atoms with Crippen LogP contribution in [0, 0.1) is 6.67 Å². The van der Waals surface area contributed by atoms with Gasteiger partial charge in [-0.2, -0.15) is 0 Å². The summed E-state index contributed by atoms with van der Waals surface area (Å²) in [5.74, 6) is 1.84. The van der Waals surface area contributed by atoms with Crippen LogP contribution in [0.5, 0.6) is 0 Å². The molecule has 2 aromatic rings. The van der Waals surface area contributed by atoms with Crippen LogP contribution >= 0.6 is 9.19 Å². The standard InChI is InChI=1S/C27H36N2.Ag.ClH/c1-18(2)22-11-9-12-23(19(3)4)26(22)28-15-16-29(17-28)27-24(20(5)6)13-10-14-25(27)21(7)8;;/h9-16,18-21H,1-8H3;;1H/q;+1;/p-1. The molecule has 0 spiro atoms. The summed E-state index contributed by atoms with van der Waals surface area (Å²) in [6, 6.07) is 13.4. The van der Waals surface area contributed by atoms with E-state index in [1.165, 1.54) is 33.6 Å². The number of benzene rings is 2. The number of hydrogen-bond donors (Lipinski definition) is 0. The molecule has 0 atom stereocenters. The summed E-state index contributed by atoms with van der Waals surface area (Å²) in [7, 11) is 4.45. The van der Waals surface area contributed by atoms with Gasteiger partial charge in [0.2, 0.25) is 6.67 Å². The molecule has 0 bridgehead atoms. The predicted octanol–water partition coefficient (Wildman–Crippen LogP) is 8.66. The van der Waals surface area contributed by atoms with Crippen LogP contribution in [-0.2, 0) is 20.0 Å². The van der Waals surface area contributed by atoms with Crippen molar-refractivity contribution in [2.75, 3.05) is 9.80 Å². The molecule has 1 aliphatic rings. The quantitative estimate of drug-likeness (QED) is 0.344. The predicted molar refractivity (Wildman–Crippen MR) is 132 cm³/mol. The first-order valence-corrected chi connectivity index (χ1v) is 13.0. The number of nitrogens with zero attached hydrogens (tertiary/aromatic N) is 2. The van der Waals surface area contributed by atoms with E-state index < -0.39 is 0 Å². The number of para-hydroxylation sites is 2. The Morgan fingerprint density at radius 3 is 1.06 bits per heavy atom. The second kappa shape index (κ2) is 11.6. The molecule has 0 N–H and O–H groups in total. The van der Waals surface area contributed by atoms with Crippen molar-refractivity contribution in [3.63, 3.8) is 0 Å². The fraction of sp³-hybridized carbons (Fsp3) is 0.444. The van der Waals surface area contributed by atoms with E-state index in [-0.39, 0.29) is 0 Å². The number of hydrogen-bond acceptors (Lipinski definition) is 2. The third-order valence-corrected chi connectivity index (χ3v) is 5.75. The van der Waals surface area contributed by atoms with Crippen molar-refractivity contribution in [3.8, 4) is 0 Å². The molecule has 0 unspecified atom stereocenters. The van der Waals surface area contributed by atoms with Gasteiger partial charge in [-0.25, -0.2) is 0 Å². The number of rotatable bonds is 6. The van der Waals surface area contributed by atoms with E-state index in [9.17, 15) is 0 Å². The van der Waals surface area contributed by atoms with Crippen molar-refractivity contribution in [1.82, 2.24) is 0 Å².